The molecule has 0 aliphatic heterocycles. The number of methoxy groups -OCH3 is 1. The van der Waals surface area contributed by atoms with Crippen molar-refractivity contribution in [1.82, 2.24) is 9.97 Å². The highest BCUT2D eigenvalue weighted by molar-refractivity contribution is 7.92. The van der Waals surface area contributed by atoms with Gasteiger partial charge in [-0.1, -0.05) is 0 Å². The number of carbonyl (C=O) groups is 1. The summed E-state index contributed by atoms with van der Waals surface area (Å²) in [6.45, 7) is 0. The largest absolute Gasteiger partial charge is 0.465 e. The van der Waals surface area contributed by atoms with Crippen LogP contribution in [-0.2, 0) is 14.8 Å². The molecule has 0 aliphatic carbocycles. The molecule has 0 saturated heterocycles. The molecule has 0 radical (unpaired) electrons. The SMILES string of the molecule is COC(=O)c1ccc(NS(=O)(=O)c2ccc3[nH]c(=O)c(=O)[nH]c3c2)cc1. The number of H-pyrrole nitrogens is 2. The number of ether oxygens (including phenoxy) is 1. The summed E-state index contributed by atoms with van der Waals surface area (Å²) in [5.41, 5.74) is -0.694. The van der Waals surface area contributed by atoms with Crippen LogP contribution in [0, 0.1) is 0 Å². The van der Waals surface area contributed by atoms with Crippen molar-refractivity contribution < 1.29 is 17.9 Å². The van der Waals surface area contributed by atoms with E-state index in [9.17, 15) is 22.8 Å². The summed E-state index contributed by atoms with van der Waals surface area (Å²) >= 11 is 0. The Morgan fingerprint density at radius 2 is 1.58 bits per heavy atom. The highest BCUT2D eigenvalue weighted by atomic mass is 32.2. The van der Waals surface area contributed by atoms with Gasteiger partial charge in [0.05, 0.1) is 28.6 Å². The van der Waals surface area contributed by atoms with E-state index >= 15 is 0 Å². The van der Waals surface area contributed by atoms with Gasteiger partial charge in [0.25, 0.3) is 10.0 Å². The van der Waals surface area contributed by atoms with E-state index in [1.807, 2.05) is 0 Å². The van der Waals surface area contributed by atoms with Gasteiger partial charge in [0.1, 0.15) is 0 Å². The summed E-state index contributed by atoms with van der Waals surface area (Å²) in [7, 11) is -2.70. The molecule has 3 N–H and O–H groups in total. The van der Waals surface area contributed by atoms with Crippen molar-refractivity contribution in [2.75, 3.05) is 11.8 Å². The Hall–Kier alpha value is -3.40. The van der Waals surface area contributed by atoms with Crippen LogP contribution < -0.4 is 15.8 Å². The van der Waals surface area contributed by atoms with E-state index < -0.39 is 27.1 Å². The summed E-state index contributed by atoms with van der Waals surface area (Å²) in [6, 6.07) is 9.59. The molecule has 26 heavy (non-hydrogen) atoms. The maximum atomic E-state index is 12.5. The van der Waals surface area contributed by atoms with Crippen molar-refractivity contribution in [2.45, 2.75) is 4.90 Å². The van der Waals surface area contributed by atoms with E-state index in [0.29, 0.717) is 5.52 Å². The average molecular weight is 375 g/mol. The van der Waals surface area contributed by atoms with Crippen molar-refractivity contribution in [3.63, 3.8) is 0 Å². The number of hydrogen-bond acceptors (Lipinski definition) is 6. The smallest absolute Gasteiger partial charge is 0.337 e. The molecule has 0 spiro atoms. The van der Waals surface area contributed by atoms with Gasteiger partial charge in [0, 0.05) is 5.69 Å². The molecule has 1 heterocycles. The maximum absolute atomic E-state index is 12.5. The number of esters is 1. The molecular weight excluding hydrogens is 362 g/mol. The topological polar surface area (TPSA) is 138 Å². The molecule has 0 amide bonds. The van der Waals surface area contributed by atoms with Crippen LogP contribution in [0.4, 0.5) is 5.69 Å². The Morgan fingerprint density at radius 1 is 0.962 bits per heavy atom. The predicted octanol–water partition coefficient (Wildman–Crippen LogP) is 0.804. The van der Waals surface area contributed by atoms with Gasteiger partial charge in [-0.25, -0.2) is 13.2 Å². The van der Waals surface area contributed by atoms with Gasteiger partial charge in [-0.2, -0.15) is 0 Å². The second kappa shape index (κ2) is 6.48. The predicted molar refractivity (Wildman–Crippen MR) is 93.8 cm³/mol. The van der Waals surface area contributed by atoms with Gasteiger partial charge < -0.3 is 14.7 Å². The van der Waals surface area contributed by atoms with Crippen LogP contribution in [0.15, 0.2) is 56.9 Å². The first-order valence-electron chi connectivity index (χ1n) is 7.28. The fourth-order valence-electron chi connectivity index (χ4n) is 2.27. The number of benzene rings is 2. The van der Waals surface area contributed by atoms with Crippen LogP contribution in [0.3, 0.4) is 0 Å². The molecule has 0 unspecified atom stereocenters. The van der Waals surface area contributed by atoms with Crippen LogP contribution in [0.25, 0.3) is 11.0 Å². The highest BCUT2D eigenvalue weighted by Gasteiger charge is 2.16. The number of nitrogens with one attached hydrogen (secondary N) is 3. The number of aromatic nitrogens is 2. The van der Waals surface area contributed by atoms with E-state index in [2.05, 4.69) is 19.4 Å². The monoisotopic (exact) mass is 375 g/mol. The first-order chi connectivity index (χ1) is 12.3. The summed E-state index contributed by atoms with van der Waals surface area (Å²) in [6.07, 6.45) is 0. The summed E-state index contributed by atoms with van der Waals surface area (Å²) < 4.78 is 31.9. The molecule has 2 aromatic carbocycles. The van der Waals surface area contributed by atoms with E-state index in [0.717, 1.165) is 0 Å². The van der Waals surface area contributed by atoms with Gasteiger partial charge in [-0.05, 0) is 42.5 Å². The normalized spacial score (nSPS) is 11.3. The molecule has 134 valence electrons. The second-order valence-electron chi connectivity index (χ2n) is 5.29. The highest BCUT2D eigenvalue weighted by Crippen LogP contribution is 2.19. The third-order valence-electron chi connectivity index (χ3n) is 3.56. The Bertz CT molecular complexity index is 1210. The Kier molecular flexibility index (Phi) is 4.34. The minimum Gasteiger partial charge on any atom is -0.465 e. The summed E-state index contributed by atoms with van der Waals surface area (Å²) in [4.78, 5) is 38.6. The fraction of sp³-hybridized carbons (Fsp3) is 0.0625. The van der Waals surface area contributed by atoms with Gasteiger partial charge in [0.15, 0.2) is 0 Å². The molecule has 3 aromatic rings. The molecule has 10 heteroatoms. The Morgan fingerprint density at radius 3 is 2.19 bits per heavy atom. The van der Waals surface area contributed by atoms with E-state index in [4.69, 9.17) is 0 Å². The van der Waals surface area contributed by atoms with Crippen molar-refractivity contribution in [2.24, 2.45) is 0 Å². The molecule has 1 aromatic heterocycles. The summed E-state index contributed by atoms with van der Waals surface area (Å²) in [5, 5.41) is 0. The fourth-order valence-corrected chi connectivity index (χ4v) is 3.35. The Labute approximate surface area is 146 Å². The maximum Gasteiger partial charge on any atom is 0.337 e. The van der Waals surface area contributed by atoms with E-state index in [1.54, 1.807) is 0 Å². The van der Waals surface area contributed by atoms with Crippen LogP contribution in [0.5, 0.6) is 0 Å². The standard InChI is InChI=1S/C16H13N3O6S/c1-25-16(22)9-2-4-10(5-3-9)19-26(23,24)11-6-7-12-13(8-11)18-15(21)14(20)17-12/h2-8,19H,1H3,(H,17,20)(H,18,21). The lowest BCUT2D eigenvalue weighted by Crippen LogP contribution is -2.29. The first-order valence-corrected chi connectivity index (χ1v) is 8.76. The molecular formula is C16H13N3O6S. The second-order valence-corrected chi connectivity index (χ2v) is 6.97. The lowest BCUT2D eigenvalue weighted by atomic mass is 10.2. The number of rotatable bonds is 4. The first kappa shape index (κ1) is 17.4. The van der Waals surface area contributed by atoms with Gasteiger partial charge in [-0.15, -0.1) is 0 Å². The zero-order valence-electron chi connectivity index (χ0n) is 13.4. The van der Waals surface area contributed by atoms with E-state index in [-0.39, 0.29) is 21.7 Å². The lowest BCUT2D eigenvalue weighted by Gasteiger charge is -2.09. The molecule has 0 bridgehead atoms. The molecule has 0 atom stereocenters. The van der Waals surface area contributed by atoms with Gasteiger partial charge in [-0.3, -0.25) is 14.3 Å². The molecule has 0 aliphatic rings. The zero-order valence-corrected chi connectivity index (χ0v) is 14.2. The molecule has 0 fully saturated rings. The Balaban J connectivity index is 1.94. The number of anilines is 1. The van der Waals surface area contributed by atoms with Gasteiger partial charge in [0.2, 0.25) is 0 Å². The molecule has 0 saturated carbocycles. The number of fused-ring (bicyclic) bond motifs is 1. The number of hydrogen-bond donors (Lipinski definition) is 3. The third kappa shape index (κ3) is 3.35. The number of sulfonamides is 1. The molecule has 9 nitrogen and oxygen atoms in total. The summed E-state index contributed by atoms with van der Waals surface area (Å²) in [5.74, 6) is -0.535. The number of carbonyl (C=O) groups excluding carboxylic acids is 1. The van der Waals surface area contributed by atoms with Crippen LogP contribution >= 0.6 is 0 Å². The quantitative estimate of drug-likeness (QED) is 0.455. The molecule has 3 rings (SSSR count). The third-order valence-corrected chi connectivity index (χ3v) is 4.94. The van der Waals surface area contributed by atoms with Gasteiger partial charge >= 0.3 is 17.1 Å². The van der Waals surface area contributed by atoms with E-state index in [1.165, 1.54) is 49.6 Å². The average Bonchev–Trinajstić information content (AvgIpc) is 2.62. The van der Waals surface area contributed by atoms with Crippen molar-refractivity contribution in [3.05, 3.63) is 68.7 Å². The zero-order chi connectivity index (χ0) is 18.9. The minimum absolute atomic E-state index is 0.107. The minimum atomic E-state index is -3.95. The van der Waals surface area contributed by atoms with Crippen LogP contribution in [0.1, 0.15) is 10.4 Å². The van der Waals surface area contributed by atoms with Crippen LogP contribution in [0.2, 0.25) is 0 Å². The van der Waals surface area contributed by atoms with Crippen molar-refractivity contribution in [3.8, 4) is 0 Å². The number of aromatic amines is 2. The van der Waals surface area contributed by atoms with Crippen LogP contribution in [-0.4, -0.2) is 31.5 Å². The lowest BCUT2D eigenvalue weighted by molar-refractivity contribution is 0.0601. The van der Waals surface area contributed by atoms with Crippen molar-refractivity contribution >= 4 is 32.7 Å². The van der Waals surface area contributed by atoms with Crippen molar-refractivity contribution in [1.29, 1.82) is 0 Å².